The molecule has 2 N–H and O–H groups in total. The minimum Gasteiger partial charge on any atom is -0.494 e. The van der Waals surface area contributed by atoms with Crippen LogP contribution in [0.1, 0.15) is 42.3 Å². The zero-order valence-electron chi connectivity index (χ0n) is 16.6. The lowest BCUT2D eigenvalue weighted by Gasteiger charge is -2.22. The molecule has 27 heavy (non-hydrogen) atoms. The van der Waals surface area contributed by atoms with Gasteiger partial charge < -0.3 is 15.4 Å². The predicted octanol–water partition coefficient (Wildman–Crippen LogP) is 4.10. The highest BCUT2D eigenvalue weighted by Gasteiger charge is 2.25. The molecule has 2 aromatic carbocycles. The summed E-state index contributed by atoms with van der Waals surface area (Å²) < 4.78 is 5.39. The van der Waals surface area contributed by atoms with Gasteiger partial charge in [0.15, 0.2) is 0 Å². The Balaban J connectivity index is 2.09. The second-order valence-electron chi connectivity index (χ2n) is 7.02. The van der Waals surface area contributed by atoms with Crippen molar-refractivity contribution in [2.75, 3.05) is 11.9 Å². The number of amides is 2. The first-order valence-corrected chi connectivity index (χ1v) is 9.23. The number of hydrogen-bond acceptors (Lipinski definition) is 3. The third kappa shape index (κ3) is 5.84. The van der Waals surface area contributed by atoms with Gasteiger partial charge in [0.1, 0.15) is 11.8 Å². The number of carbonyl (C=O) groups excluding carboxylic acids is 2. The summed E-state index contributed by atoms with van der Waals surface area (Å²) in [5.74, 6) is 0.145. The second kappa shape index (κ2) is 9.21. The van der Waals surface area contributed by atoms with Crippen molar-refractivity contribution in [2.24, 2.45) is 5.92 Å². The van der Waals surface area contributed by atoms with E-state index in [0.29, 0.717) is 17.9 Å². The van der Waals surface area contributed by atoms with Crippen LogP contribution in [-0.2, 0) is 4.79 Å². The summed E-state index contributed by atoms with van der Waals surface area (Å²) >= 11 is 0. The maximum atomic E-state index is 12.7. The number of rotatable bonds is 7. The van der Waals surface area contributed by atoms with Crippen molar-refractivity contribution in [1.29, 1.82) is 0 Å². The van der Waals surface area contributed by atoms with Gasteiger partial charge >= 0.3 is 0 Å². The molecule has 0 fully saturated rings. The Morgan fingerprint density at radius 3 is 2.11 bits per heavy atom. The number of anilines is 1. The number of hydrogen-bond donors (Lipinski definition) is 2. The van der Waals surface area contributed by atoms with E-state index in [1.54, 1.807) is 24.3 Å². The van der Waals surface area contributed by atoms with Gasteiger partial charge in [-0.2, -0.15) is 0 Å². The Labute approximate surface area is 161 Å². The van der Waals surface area contributed by atoms with E-state index in [1.807, 2.05) is 52.8 Å². The average molecular weight is 368 g/mol. The van der Waals surface area contributed by atoms with Crippen LogP contribution in [0.4, 0.5) is 5.69 Å². The second-order valence-corrected chi connectivity index (χ2v) is 7.02. The van der Waals surface area contributed by atoms with E-state index < -0.39 is 6.04 Å². The first-order valence-electron chi connectivity index (χ1n) is 9.23. The highest BCUT2D eigenvalue weighted by atomic mass is 16.5. The Morgan fingerprint density at radius 1 is 1.00 bits per heavy atom. The molecule has 0 aliphatic heterocycles. The standard InChI is InChI=1S/C22H28N2O3/c1-6-27-19-9-7-17(8-10-19)21(25)24-20(14(2)3)22(26)23-18-12-15(4)11-16(5)13-18/h7-14,20H,6H2,1-5H3,(H,23,26)(H,24,25)/t20-/m0/s1. The van der Waals surface area contributed by atoms with Gasteiger partial charge in [-0.1, -0.05) is 19.9 Å². The molecule has 0 unspecified atom stereocenters. The van der Waals surface area contributed by atoms with E-state index in [1.165, 1.54) is 0 Å². The molecular weight excluding hydrogens is 340 g/mol. The number of nitrogens with one attached hydrogen (secondary N) is 2. The summed E-state index contributed by atoms with van der Waals surface area (Å²) in [5, 5.41) is 5.76. The molecule has 0 bridgehead atoms. The van der Waals surface area contributed by atoms with Crippen LogP contribution in [0.5, 0.6) is 5.75 Å². The van der Waals surface area contributed by atoms with E-state index >= 15 is 0 Å². The monoisotopic (exact) mass is 368 g/mol. The fraction of sp³-hybridized carbons (Fsp3) is 0.364. The molecule has 144 valence electrons. The number of ether oxygens (including phenoxy) is 1. The molecular formula is C22H28N2O3. The molecule has 0 aliphatic rings. The molecule has 5 heteroatoms. The predicted molar refractivity (Wildman–Crippen MR) is 108 cm³/mol. The quantitative estimate of drug-likeness (QED) is 0.773. The molecule has 0 radical (unpaired) electrons. The molecule has 2 rings (SSSR count). The van der Waals surface area contributed by atoms with Gasteiger partial charge in [0.2, 0.25) is 5.91 Å². The van der Waals surface area contributed by atoms with Crippen LogP contribution >= 0.6 is 0 Å². The lowest BCUT2D eigenvalue weighted by Crippen LogP contribution is -2.47. The Hall–Kier alpha value is -2.82. The van der Waals surface area contributed by atoms with Gasteiger partial charge in [-0.25, -0.2) is 0 Å². The molecule has 2 amide bonds. The van der Waals surface area contributed by atoms with Crippen molar-refractivity contribution in [3.05, 3.63) is 59.2 Å². The summed E-state index contributed by atoms with van der Waals surface area (Å²) in [6.07, 6.45) is 0. The fourth-order valence-corrected chi connectivity index (χ4v) is 2.90. The molecule has 2 aromatic rings. The van der Waals surface area contributed by atoms with Gasteiger partial charge in [-0.05, 0) is 74.2 Å². The zero-order chi connectivity index (χ0) is 20.0. The summed E-state index contributed by atoms with van der Waals surface area (Å²) in [6, 6.07) is 12.1. The smallest absolute Gasteiger partial charge is 0.251 e. The van der Waals surface area contributed by atoms with Crippen LogP contribution in [0.15, 0.2) is 42.5 Å². The third-order valence-corrected chi connectivity index (χ3v) is 4.15. The van der Waals surface area contributed by atoms with Crippen LogP contribution in [0.2, 0.25) is 0 Å². The maximum Gasteiger partial charge on any atom is 0.251 e. The third-order valence-electron chi connectivity index (χ3n) is 4.15. The molecule has 0 saturated heterocycles. The minimum atomic E-state index is -0.634. The Bertz CT molecular complexity index is 777. The molecule has 0 aromatic heterocycles. The van der Waals surface area contributed by atoms with Crippen molar-refractivity contribution >= 4 is 17.5 Å². The van der Waals surface area contributed by atoms with Crippen LogP contribution in [0.25, 0.3) is 0 Å². The molecule has 0 heterocycles. The molecule has 0 aliphatic carbocycles. The number of carbonyl (C=O) groups is 2. The first kappa shape index (κ1) is 20.5. The fourth-order valence-electron chi connectivity index (χ4n) is 2.90. The number of aryl methyl sites for hydroxylation is 2. The van der Waals surface area contributed by atoms with Crippen molar-refractivity contribution in [2.45, 2.75) is 40.7 Å². The molecule has 0 saturated carbocycles. The van der Waals surface area contributed by atoms with E-state index in [0.717, 1.165) is 16.8 Å². The number of benzene rings is 2. The van der Waals surface area contributed by atoms with E-state index in [9.17, 15) is 9.59 Å². The highest BCUT2D eigenvalue weighted by Crippen LogP contribution is 2.16. The first-order chi connectivity index (χ1) is 12.8. The van der Waals surface area contributed by atoms with Crippen molar-refractivity contribution in [1.82, 2.24) is 5.32 Å². The summed E-state index contributed by atoms with van der Waals surface area (Å²) in [5.41, 5.74) is 3.37. The average Bonchev–Trinajstić information content (AvgIpc) is 2.59. The van der Waals surface area contributed by atoms with Gasteiger partial charge in [0.05, 0.1) is 6.61 Å². The molecule has 5 nitrogen and oxygen atoms in total. The van der Waals surface area contributed by atoms with Gasteiger partial charge in [0, 0.05) is 11.3 Å². The van der Waals surface area contributed by atoms with Crippen molar-refractivity contribution < 1.29 is 14.3 Å². The van der Waals surface area contributed by atoms with Crippen molar-refractivity contribution in [3.8, 4) is 5.75 Å². The topological polar surface area (TPSA) is 67.4 Å². The lowest BCUT2D eigenvalue weighted by atomic mass is 10.0. The van der Waals surface area contributed by atoms with Crippen LogP contribution in [0, 0.1) is 19.8 Å². The normalized spacial score (nSPS) is 11.8. The maximum absolute atomic E-state index is 12.7. The lowest BCUT2D eigenvalue weighted by molar-refractivity contribution is -0.118. The SMILES string of the molecule is CCOc1ccc(C(=O)N[C@H](C(=O)Nc2cc(C)cc(C)c2)C(C)C)cc1. The molecule has 1 atom stereocenters. The van der Waals surface area contributed by atoms with E-state index in [4.69, 9.17) is 4.74 Å². The van der Waals surface area contributed by atoms with Gasteiger partial charge in [0.25, 0.3) is 5.91 Å². The highest BCUT2D eigenvalue weighted by molar-refractivity contribution is 6.01. The van der Waals surface area contributed by atoms with Gasteiger partial charge in [-0.15, -0.1) is 0 Å². The van der Waals surface area contributed by atoms with Crippen LogP contribution < -0.4 is 15.4 Å². The summed E-state index contributed by atoms with van der Waals surface area (Å²) in [4.78, 5) is 25.3. The van der Waals surface area contributed by atoms with E-state index in [2.05, 4.69) is 10.6 Å². The summed E-state index contributed by atoms with van der Waals surface area (Å²) in [7, 11) is 0. The van der Waals surface area contributed by atoms with Crippen molar-refractivity contribution in [3.63, 3.8) is 0 Å². The largest absolute Gasteiger partial charge is 0.494 e. The van der Waals surface area contributed by atoms with E-state index in [-0.39, 0.29) is 17.7 Å². The minimum absolute atomic E-state index is 0.0532. The zero-order valence-corrected chi connectivity index (χ0v) is 16.6. The van der Waals surface area contributed by atoms with Gasteiger partial charge in [-0.3, -0.25) is 9.59 Å². The Morgan fingerprint density at radius 2 is 1.59 bits per heavy atom. The van der Waals surface area contributed by atoms with Crippen LogP contribution in [-0.4, -0.2) is 24.5 Å². The Kier molecular flexibility index (Phi) is 6.99. The summed E-state index contributed by atoms with van der Waals surface area (Å²) in [6.45, 7) is 10.3. The molecule has 0 spiro atoms. The van der Waals surface area contributed by atoms with Crippen LogP contribution in [0.3, 0.4) is 0 Å².